The number of hydrogen-bond acceptors (Lipinski definition) is 3. The van der Waals surface area contributed by atoms with Gasteiger partial charge < -0.3 is 16.2 Å². The van der Waals surface area contributed by atoms with Gasteiger partial charge in [0, 0.05) is 12.8 Å². The first-order valence-corrected chi connectivity index (χ1v) is 3.27. The minimum absolute atomic E-state index is 0.170. The number of carbonyl (C=O) groups excluding carboxylic acids is 2. The first-order valence-electron chi connectivity index (χ1n) is 3.27. The smallest absolute Gasteiger partial charge is 0.364 e. The molecule has 0 saturated heterocycles. The van der Waals surface area contributed by atoms with Gasteiger partial charge in [-0.15, -0.1) is 0 Å². The molecular formula is C6H13N2O3+. The van der Waals surface area contributed by atoms with Crippen molar-refractivity contribution in [1.82, 2.24) is 0 Å². The lowest BCUT2D eigenvalue weighted by Gasteiger charge is -2.03. The summed E-state index contributed by atoms with van der Waals surface area (Å²) in [5.41, 5.74) is 8.36. The normalized spacial score (nSPS) is 12.2. The standard InChI is InChI=1S/C6H12N2O3/c1-11-6(10)4(7)2-3-5(8)9/h4H,2-3,7H2,1H3,(H2,8,9)/p+1/t4-/m0/s1. The Balaban J connectivity index is 3.60. The highest BCUT2D eigenvalue weighted by atomic mass is 16.5. The van der Waals surface area contributed by atoms with Gasteiger partial charge in [0.15, 0.2) is 6.04 Å². The third-order valence-corrected chi connectivity index (χ3v) is 1.27. The van der Waals surface area contributed by atoms with Crippen molar-refractivity contribution in [2.24, 2.45) is 5.73 Å². The summed E-state index contributed by atoms with van der Waals surface area (Å²) in [7, 11) is 1.28. The van der Waals surface area contributed by atoms with Gasteiger partial charge in [0.25, 0.3) is 0 Å². The van der Waals surface area contributed by atoms with Crippen molar-refractivity contribution in [2.75, 3.05) is 7.11 Å². The molecule has 0 aliphatic heterocycles. The van der Waals surface area contributed by atoms with E-state index in [2.05, 4.69) is 10.5 Å². The second kappa shape index (κ2) is 4.68. The van der Waals surface area contributed by atoms with Crippen LogP contribution in [0.5, 0.6) is 0 Å². The molecule has 0 spiro atoms. The molecule has 11 heavy (non-hydrogen) atoms. The zero-order valence-corrected chi connectivity index (χ0v) is 6.50. The van der Waals surface area contributed by atoms with Crippen molar-refractivity contribution in [2.45, 2.75) is 18.9 Å². The molecule has 0 aliphatic rings. The largest absolute Gasteiger partial charge is 0.465 e. The molecule has 0 aromatic heterocycles. The van der Waals surface area contributed by atoms with Crippen LogP contribution in [0, 0.1) is 0 Å². The van der Waals surface area contributed by atoms with E-state index in [0.29, 0.717) is 6.42 Å². The molecule has 0 rings (SSSR count). The fourth-order valence-electron chi connectivity index (χ4n) is 0.601. The Morgan fingerprint density at radius 1 is 1.64 bits per heavy atom. The number of hydrogen-bond donors (Lipinski definition) is 2. The average Bonchev–Trinajstić information content (AvgIpc) is 1.98. The summed E-state index contributed by atoms with van der Waals surface area (Å²) in [6.07, 6.45) is 0.519. The summed E-state index contributed by atoms with van der Waals surface area (Å²) in [4.78, 5) is 20.9. The molecule has 1 atom stereocenters. The average molecular weight is 161 g/mol. The lowest BCUT2D eigenvalue weighted by atomic mass is 10.2. The molecule has 0 aromatic rings. The third kappa shape index (κ3) is 4.32. The lowest BCUT2D eigenvalue weighted by molar-refractivity contribution is -0.409. The van der Waals surface area contributed by atoms with E-state index in [1.54, 1.807) is 0 Å². The van der Waals surface area contributed by atoms with Gasteiger partial charge in [0.2, 0.25) is 5.91 Å². The fourth-order valence-corrected chi connectivity index (χ4v) is 0.601. The third-order valence-electron chi connectivity index (χ3n) is 1.27. The molecule has 1 amide bonds. The topological polar surface area (TPSA) is 97.0 Å². The van der Waals surface area contributed by atoms with Crippen molar-refractivity contribution >= 4 is 11.9 Å². The van der Waals surface area contributed by atoms with Crippen LogP contribution in [0.15, 0.2) is 0 Å². The Bertz CT molecular complexity index is 158. The molecule has 0 unspecified atom stereocenters. The van der Waals surface area contributed by atoms with Crippen LogP contribution < -0.4 is 11.5 Å². The van der Waals surface area contributed by atoms with Gasteiger partial charge in [0.1, 0.15) is 0 Å². The quantitative estimate of drug-likeness (QED) is 0.468. The first-order chi connectivity index (χ1) is 5.07. The van der Waals surface area contributed by atoms with Gasteiger partial charge in [-0.1, -0.05) is 0 Å². The number of primary amides is 1. The van der Waals surface area contributed by atoms with E-state index in [4.69, 9.17) is 5.73 Å². The van der Waals surface area contributed by atoms with Crippen molar-refractivity contribution in [3.05, 3.63) is 0 Å². The molecule has 0 radical (unpaired) electrons. The molecule has 64 valence electrons. The Kier molecular flexibility index (Phi) is 4.21. The number of amides is 1. The minimum Gasteiger partial charge on any atom is -0.465 e. The second-order valence-corrected chi connectivity index (χ2v) is 2.23. The summed E-state index contributed by atoms with van der Waals surface area (Å²) in [6.45, 7) is 0. The van der Waals surface area contributed by atoms with E-state index in [-0.39, 0.29) is 6.42 Å². The van der Waals surface area contributed by atoms with Crippen molar-refractivity contribution in [3.63, 3.8) is 0 Å². The summed E-state index contributed by atoms with van der Waals surface area (Å²) in [5.74, 6) is -0.839. The fraction of sp³-hybridized carbons (Fsp3) is 0.667. The molecule has 0 fully saturated rings. The molecule has 5 N–H and O–H groups in total. The van der Waals surface area contributed by atoms with Crippen LogP contribution in [0.4, 0.5) is 0 Å². The van der Waals surface area contributed by atoms with Crippen molar-refractivity contribution in [1.29, 1.82) is 0 Å². The number of ether oxygens (including phenoxy) is 1. The van der Waals surface area contributed by atoms with E-state index >= 15 is 0 Å². The Hall–Kier alpha value is -1.10. The zero-order valence-electron chi connectivity index (χ0n) is 6.50. The van der Waals surface area contributed by atoms with E-state index < -0.39 is 17.9 Å². The summed E-state index contributed by atoms with van der Waals surface area (Å²) in [6, 6.07) is -0.493. The van der Waals surface area contributed by atoms with Gasteiger partial charge in [-0.2, -0.15) is 0 Å². The van der Waals surface area contributed by atoms with Gasteiger partial charge >= 0.3 is 5.97 Å². The molecule has 0 saturated carbocycles. The molecule has 5 heteroatoms. The van der Waals surface area contributed by atoms with Gasteiger partial charge in [-0.25, -0.2) is 4.79 Å². The summed E-state index contributed by atoms with van der Waals surface area (Å²) < 4.78 is 4.39. The maximum Gasteiger partial charge on any atom is 0.364 e. The van der Waals surface area contributed by atoms with Crippen LogP contribution in [0.2, 0.25) is 0 Å². The number of methoxy groups -OCH3 is 1. The van der Waals surface area contributed by atoms with Crippen molar-refractivity contribution in [3.8, 4) is 0 Å². The zero-order chi connectivity index (χ0) is 8.85. The number of nitrogens with two attached hydrogens (primary N) is 1. The Morgan fingerprint density at radius 2 is 2.18 bits per heavy atom. The molecule has 0 aromatic carbocycles. The van der Waals surface area contributed by atoms with Gasteiger partial charge in [-0.05, 0) is 0 Å². The molecule has 0 aliphatic carbocycles. The first kappa shape index (κ1) is 9.90. The highest BCUT2D eigenvalue weighted by Gasteiger charge is 2.17. The van der Waals surface area contributed by atoms with Crippen LogP contribution in [-0.4, -0.2) is 25.0 Å². The summed E-state index contributed by atoms with van der Waals surface area (Å²) in [5, 5.41) is 0. The highest BCUT2D eigenvalue weighted by Crippen LogP contribution is 1.93. The highest BCUT2D eigenvalue weighted by molar-refractivity contribution is 5.77. The predicted molar refractivity (Wildman–Crippen MR) is 37.1 cm³/mol. The van der Waals surface area contributed by atoms with E-state index in [0.717, 1.165) is 0 Å². The van der Waals surface area contributed by atoms with Crippen LogP contribution in [0.3, 0.4) is 0 Å². The maximum atomic E-state index is 10.7. The van der Waals surface area contributed by atoms with Crippen LogP contribution in [0.25, 0.3) is 0 Å². The SMILES string of the molecule is COC(=O)[C@@H]([NH3+])CCC(N)=O. The van der Waals surface area contributed by atoms with E-state index in [1.807, 2.05) is 0 Å². The number of quaternary nitrogens is 1. The lowest BCUT2D eigenvalue weighted by Crippen LogP contribution is -2.65. The van der Waals surface area contributed by atoms with Crippen molar-refractivity contribution < 1.29 is 20.1 Å². The van der Waals surface area contributed by atoms with Crippen LogP contribution in [0.1, 0.15) is 12.8 Å². The monoisotopic (exact) mass is 161 g/mol. The van der Waals surface area contributed by atoms with E-state index in [1.165, 1.54) is 7.11 Å². The Morgan fingerprint density at radius 3 is 2.55 bits per heavy atom. The number of rotatable bonds is 4. The molecule has 0 heterocycles. The minimum atomic E-state index is -0.493. The molecule has 5 nitrogen and oxygen atoms in total. The number of carbonyl (C=O) groups is 2. The molecular weight excluding hydrogens is 148 g/mol. The Labute approximate surface area is 64.7 Å². The maximum absolute atomic E-state index is 10.7. The second-order valence-electron chi connectivity index (χ2n) is 2.23. The predicted octanol–water partition coefficient (Wildman–Crippen LogP) is -1.96. The van der Waals surface area contributed by atoms with Gasteiger partial charge in [0.05, 0.1) is 7.11 Å². The van der Waals surface area contributed by atoms with Gasteiger partial charge in [-0.3, -0.25) is 4.79 Å². The van der Waals surface area contributed by atoms with Crippen LogP contribution in [-0.2, 0) is 14.3 Å². The van der Waals surface area contributed by atoms with Crippen LogP contribution >= 0.6 is 0 Å². The number of esters is 1. The van der Waals surface area contributed by atoms with E-state index in [9.17, 15) is 9.59 Å². The molecule has 0 bridgehead atoms. The summed E-state index contributed by atoms with van der Waals surface area (Å²) >= 11 is 0.